The van der Waals surface area contributed by atoms with Crippen molar-refractivity contribution in [2.24, 2.45) is 15.0 Å². The van der Waals surface area contributed by atoms with E-state index in [-0.39, 0.29) is 10.8 Å². The molecule has 0 spiro atoms. The Morgan fingerprint density at radius 2 is 0.831 bits per heavy atom. The number of hydrogen-bond acceptors (Lipinski definition) is 6. The van der Waals surface area contributed by atoms with Crippen LogP contribution in [0.4, 0.5) is 0 Å². The molecule has 0 aliphatic heterocycles. The number of aromatic hydroxyl groups is 3. The summed E-state index contributed by atoms with van der Waals surface area (Å²) in [6, 6.07) is 38.4. The molecule has 6 aromatic rings. The fourth-order valence-electron chi connectivity index (χ4n) is 6.57. The van der Waals surface area contributed by atoms with Crippen LogP contribution in [0.25, 0.3) is 0 Å². The maximum atomic E-state index is 11.0. The third-order valence-electron chi connectivity index (χ3n) is 10.1. The second-order valence-corrected chi connectivity index (χ2v) is 29.0. The Morgan fingerprint density at radius 3 is 1.30 bits per heavy atom. The first-order valence-corrected chi connectivity index (χ1v) is 37.7. The van der Waals surface area contributed by atoms with E-state index in [4.69, 9.17) is 55.8 Å². The molecule has 0 saturated heterocycles. The molecular formula is C53H64Cl6N3O3P3Ti3. The molecule has 0 radical (unpaired) electrons. The molecule has 6 rings (SSSR count). The first-order chi connectivity index (χ1) is 33.6. The van der Waals surface area contributed by atoms with Crippen LogP contribution in [0.15, 0.2) is 130 Å². The topological polar surface area (TPSA) is 97.8 Å². The van der Waals surface area contributed by atoms with Crippen LogP contribution in [0.1, 0.15) is 86.1 Å². The van der Waals surface area contributed by atoms with Gasteiger partial charge in [0.15, 0.2) is 0 Å². The van der Waals surface area contributed by atoms with E-state index in [1.165, 1.54) is 32.6 Å². The number of aliphatic imine (C=N–C) groups is 3. The van der Waals surface area contributed by atoms with Crippen LogP contribution >= 0.6 is 81.6 Å². The van der Waals surface area contributed by atoms with Crippen LogP contribution in [0.3, 0.4) is 0 Å². The first kappa shape index (κ1) is 67.9. The zero-order valence-corrected chi connectivity index (χ0v) is 54.4. The second-order valence-electron chi connectivity index (χ2n) is 17.3. The Balaban J connectivity index is 0.000000496. The van der Waals surface area contributed by atoms with Gasteiger partial charge in [-0.15, -0.1) is 0 Å². The molecule has 0 bridgehead atoms. The van der Waals surface area contributed by atoms with Crippen LogP contribution in [0.5, 0.6) is 17.2 Å². The number of phenols is 3. The molecule has 378 valence electrons. The van der Waals surface area contributed by atoms with Crippen molar-refractivity contribution >= 4 is 132 Å². The van der Waals surface area contributed by atoms with Gasteiger partial charge in [-0.1, -0.05) is 170 Å². The Labute approximate surface area is 479 Å². The minimum absolute atomic E-state index is 0.0390. The van der Waals surface area contributed by atoms with Crippen LogP contribution in [-0.4, -0.2) is 55.1 Å². The summed E-state index contributed by atoms with van der Waals surface area (Å²) in [5, 5.41) is 37.6. The summed E-state index contributed by atoms with van der Waals surface area (Å²) >= 11 is -1.67. The maximum absolute atomic E-state index is 11.0. The average Bonchev–Trinajstić information content (AvgIpc) is 3.30. The fourth-order valence-corrected chi connectivity index (χ4v) is 10.4. The molecule has 0 fully saturated rings. The van der Waals surface area contributed by atoms with E-state index in [2.05, 4.69) is 119 Å². The van der Waals surface area contributed by atoms with Gasteiger partial charge < -0.3 is 15.3 Å². The molecule has 0 aliphatic rings. The number of benzene rings is 6. The molecule has 3 unspecified atom stereocenters. The zero-order valence-electron chi connectivity index (χ0n) is 42.2. The van der Waals surface area contributed by atoms with E-state index in [1.54, 1.807) is 27.2 Å². The summed E-state index contributed by atoms with van der Waals surface area (Å²) in [4.78, 5) is 12.4. The van der Waals surface area contributed by atoms with Gasteiger partial charge in [0, 0.05) is 72.4 Å². The number of para-hydroxylation sites is 2. The van der Waals surface area contributed by atoms with Crippen LogP contribution in [0, 0.1) is 20.8 Å². The van der Waals surface area contributed by atoms with E-state index < -0.39 is 51.1 Å². The summed E-state index contributed by atoms with van der Waals surface area (Å²) in [5.41, 5.74) is 8.96. The standard InChI is InChI=1S/C22H30NOP.C16H18NOP.C15H16NOP.6ClH.3Ti/c1-21(2,3)16-12-17(22(4,5)6)20(24)19(13-16)25-18-11-9-8-10-15(18)14-23-7;1-11-6-5-9-14(15(11)18)19-16-12(2)7-4-8-13(16)10-17-3;1-11-6-5-7-12(10-16-2)15(11)18-14-9-4-3-8-13(14)17;;;;;;;;;/h8-14,24-25H,1-7H3;4-10,18-19H,1-3H3;3-10,17-18H,1-2H3;6*1H;;;/q;;;;;;;;;3*+2/p-6. The van der Waals surface area contributed by atoms with Crippen molar-refractivity contribution in [3.05, 3.63) is 160 Å². The van der Waals surface area contributed by atoms with Crippen LogP contribution < -0.4 is 31.8 Å². The van der Waals surface area contributed by atoms with E-state index >= 15 is 0 Å². The predicted octanol–water partition coefficient (Wildman–Crippen LogP) is 13.9. The normalized spacial score (nSPS) is 11.4. The monoisotopic (exact) mass is 1240 g/mol. The van der Waals surface area contributed by atoms with Crippen molar-refractivity contribution in [3.8, 4) is 17.2 Å². The van der Waals surface area contributed by atoms with Crippen molar-refractivity contribution in [2.45, 2.75) is 73.1 Å². The van der Waals surface area contributed by atoms with Gasteiger partial charge >= 0.3 is 107 Å². The van der Waals surface area contributed by atoms with Crippen molar-refractivity contribution in [2.75, 3.05) is 21.1 Å². The average molecular weight is 1240 g/mol. The summed E-state index contributed by atoms with van der Waals surface area (Å²) in [6.07, 6.45) is 5.63. The Morgan fingerprint density at radius 1 is 0.437 bits per heavy atom. The van der Waals surface area contributed by atoms with Gasteiger partial charge in [-0.25, -0.2) is 0 Å². The van der Waals surface area contributed by atoms with E-state index in [9.17, 15) is 15.3 Å². The summed E-state index contributed by atoms with van der Waals surface area (Å²) in [6.45, 7) is 19.2. The molecule has 0 saturated carbocycles. The molecule has 3 N–H and O–H groups in total. The number of phenolic OH excluding ortho intramolecular Hbond substituents is 3. The number of aryl methyl sites for hydroxylation is 3. The van der Waals surface area contributed by atoms with Crippen LogP contribution in [-0.2, 0) is 61.9 Å². The summed E-state index contributed by atoms with van der Waals surface area (Å²) in [5.74, 6) is 1.20. The van der Waals surface area contributed by atoms with E-state index in [0.29, 0.717) is 43.0 Å². The molecule has 0 heterocycles. The van der Waals surface area contributed by atoms with Gasteiger partial charge in [0.05, 0.1) is 0 Å². The number of nitrogens with zero attached hydrogens (tertiary/aromatic N) is 3. The number of halogens is 6. The second kappa shape index (κ2) is 36.8. The van der Waals surface area contributed by atoms with Crippen LogP contribution in [0.2, 0.25) is 0 Å². The Hall–Kier alpha value is -1.10. The molecule has 18 heteroatoms. The number of rotatable bonds is 9. The van der Waals surface area contributed by atoms with Crippen molar-refractivity contribution in [3.63, 3.8) is 0 Å². The van der Waals surface area contributed by atoms with Gasteiger partial charge in [0.1, 0.15) is 17.2 Å². The van der Waals surface area contributed by atoms with Crippen molar-refractivity contribution < 1.29 is 66.4 Å². The molecule has 0 aromatic heterocycles. The third kappa shape index (κ3) is 24.6. The molecule has 71 heavy (non-hydrogen) atoms. The van der Waals surface area contributed by atoms with Gasteiger partial charge in [-0.3, -0.25) is 15.0 Å². The molecule has 3 atom stereocenters. The third-order valence-corrected chi connectivity index (χ3v) is 14.7. The van der Waals surface area contributed by atoms with Crippen molar-refractivity contribution in [1.82, 2.24) is 0 Å². The van der Waals surface area contributed by atoms with Gasteiger partial charge in [0.2, 0.25) is 0 Å². The fraction of sp³-hybridized carbons (Fsp3) is 0.264. The SMILES string of the molecule is CN=Cc1cccc(C)c1Pc1cccc(C)c1O.CN=Cc1cccc(C)c1Pc1ccccc1O.CN=Cc1ccccc1Pc1cc(C(C)(C)C)cc(C(C)(C)C)c1O.[Cl][Ti][Cl].[Cl][Ti][Cl].[Cl][Ti][Cl]. The summed E-state index contributed by atoms with van der Waals surface area (Å²) in [7, 11) is 35.9. The molecular weight excluding hydrogens is 1180 g/mol. The van der Waals surface area contributed by atoms with E-state index in [0.717, 1.165) is 43.7 Å². The Kier molecular flexibility index (Phi) is 35.2. The molecule has 0 amide bonds. The molecule has 0 aliphatic carbocycles. The molecule has 6 nitrogen and oxygen atoms in total. The Bertz CT molecular complexity index is 2630. The van der Waals surface area contributed by atoms with Crippen molar-refractivity contribution in [1.29, 1.82) is 0 Å². The van der Waals surface area contributed by atoms with Gasteiger partial charge in [-0.2, -0.15) is 0 Å². The first-order valence-electron chi connectivity index (χ1n) is 21.8. The van der Waals surface area contributed by atoms with E-state index in [1.807, 2.05) is 86.2 Å². The minimum atomic E-state index is -0.556. The van der Waals surface area contributed by atoms with Gasteiger partial charge in [0.25, 0.3) is 0 Å². The summed E-state index contributed by atoms with van der Waals surface area (Å²) < 4.78 is 0. The number of hydrogen-bond donors (Lipinski definition) is 3. The zero-order chi connectivity index (χ0) is 53.7. The predicted molar refractivity (Wildman–Crippen MR) is 314 cm³/mol. The quantitative estimate of drug-likeness (QED) is 0.0764. The van der Waals surface area contributed by atoms with Gasteiger partial charge in [-0.05, 0) is 87.5 Å². The molecule has 6 aromatic carbocycles.